The maximum Gasteiger partial charge on any atom is 0.0581 e. The van der Waals surface area contributed by atoms with E-state index in [4.69, 9.17) is 10.5 Å². The van der Waals surface area contributed by atoms with Crippen molar-refractivity contribution in [2.45, 2.75) is 32.3 Å². The summed E-state index contributed by atoms with van der Waals surface area (Å²) in [5.41, 5.74) is 5.53. The van der Waals surface area contributed by atoms with E-state index in [9.17, 15) is 0 Å². The molecule has 0 saturated heterocycles. The van der Waals surface area contributed by atoms with Gasteiger partial charge in [-0.25, -0.2) is 0 Å². The highest BCUT2D eigenvalue weighted by atomic mass is 32.2. The second-order valence-electron chi connectivity index (χ2n) is 3.62. The molecule has 1 fully saturated rings. The lowest BCUT2D eigenvalue weighted by atomic mass is 9.82. The summed E-state index contributed by atoms with van der Waals surface area (Å²) in [4.78, 5) is 0. The average molecular weight is 203 g/mol. The lowest BCUT2D eigenvalue weighted by molar-refractivity contribution is -0.0270. The minimum absolute atomic E-state index is 0.528. The molecule has 0 aromatic rings. The van der Waals surface area contributed by atoms with Crippen molar-refractivity contribution >= 4 is 11.8 Å². The fraction of sp³-hybridized carbons (Fsp3) is 1.00. The summed E-state index contributed by atoms with van der Waals surface area (Å²) < 4.78 is 5.69. The molecule has 0 radical (unpaired) electrons. The first-order chi connectivity index (χ1) is 6.36. The SMILES string of the molecule is CCSCCCOC1CC(CN)C1. The van der Waals surface area contributed by atoms with E-state index in [0.29, 0.717) is 6.10 Å². The molecule has 78 valence electrons. The fourth-order valence-corrected chi connectivity index (χ4v) is 2.17. The van der Waals surface area contributed by atoms with Crippen molar-refractivity contribution in [2.75, 3.05) is 24.7 Å². The highest BCUT2D eigenvalue weighted by Gasteiger charge is 2.28. The molecule has 2 N–H and O–H groups in total. The van der Waals surface area contributed by atoms with Gasteiger partial charge in [-0.05, 0) is 43.2 Å². The van der Waals surface area contributed by atoms with E-state index >= 15 is 0 Å². The zero-order chi connectivity index (χ0) is 9.52. The summed E-state index contributed by atoms with van der Waals surface area (Å²) >= 11 is 1.99. The maximum absolute atomic E-state index is 5.69. The van der Waals surface area contributed by atoms with Gasteiger partial charge in [-0.1, -0.05) is 6.92 Å². The normalized spacial score (nSPS) is 27.2. The first-order valence-electron chi connectivity index (χ1n) is 5.26. The van der Waals surface area contributed by atoms with Crippen LogP contribution in [0.15, 0.2) is 0 Å². The van der Waals surface area contributed by atoms with Crippen LogP contribution in [0, 0.1) is 5.92 Å². The Hall–Kier alpha value is 0.270. The van der Waals surface area contributed by atoms with Crippen LogP contribution in [0.4, 0.5) is 0 Å². The third kappa shape index (κ3) is 4.34. The molecule has 0 bridgehead atoms. The highest BCUT2D eigenvalue weighted by molar-refractivity contribution is 7.99. The average Bonchev–Trinajstić information content (AvgIpc) is 2.08. The molecule has 0 aromatic heterocycles. The van der Waals surface area contributed by atoms with E-state index < -0.39 is 0 Å². The molecule has 0 spiro atoms. The van der Waals surface area contributed by atoms with E-state index in [-0.39, 0.29) is 0 Å². The summed E-state index contributed by atoms with van der Waals surface area (Å²) in [6, 6.07) is 0. The van der Waals surface area contributed by atoms with Gasteiger partial charge in [-0.3, -0.25) is 0 Å². The van der Waals surface area contributed by atoms with Crippen LogP contribution >= 0.6 is 11.8 Å². The molecule has 0 amide bonds. The molecule has 2 nitrogen and oxygen atoms in total. The van der Waals surface area contributed by atoms with Crippen molar-refractivity contribution in [3.05, 3.63) is 0 Å². The monoisotopic (exact) mass is 203 g/mol. The Balaban J connectivity index is 1.80. The Bertz CT molecular complexity index is 126. The predicted octanol–water partition coefficient (Wildman–Crippen LogP) is 1.88. The van der Waals surface area contributed by atoms with Gasteiger partial charge in [0.25, 0.3) is 0 Å². The van der Waals surface area contributed by atoms with E-state index in [2.05, 4.69) is 6.92 Å². The van der Waals surface area contributed by atoms with Gasteiger partial charge in [-0.2, -0.15) is 11.8 Å². The van der Waals surface area contributed by atoms with Gasteiger partial charge in [0, 0.05) is 6.61 Å². The highest BCUT2D eigenvalue weighted by Crippen LogP contribution is 2.28. The molecule has 0 aliphatic heterocycles. The van der Waals surface area contributed by atoms with Gasteiger partial charge in [-0.15, -0.1) is 0 Å². The van der Waals surface area contributed by atoms with E-state index in [1.165, 1.54) is 30.8 Å². The molecule has 3 heteroatoms. The summed E-state index contributed by atoms with van der Waals surface area (Å²) in [6.07, 6.45) is 4.11. The molecule has 0 heterocycles. The Morgan fingerprint density at radius 1 is 1.46 bits per heavy atom. The predicted molar refractivity (Wildman–Crippen MR) is 59.1 cm³/mol. The van der Waals surface area contributed by atoms with Gasteiger partial charge in [0.05, 0.1) is 6.10 Å². The Morgan fingerprint density at radius 3 is 2.85 bits per heavy atom. The van der Waals surface area contributed by atoms with Gasteiger partial charge in [0.15, 0.2) is 0 Å². The van der Waals surface area contributed by atoms with Gasteiger partial charge in [0.2, 0.25) is 0 Å². The van der Waals surface area contributed by atoms with Crippen molar-refractivity contribution < 1.29 is 4.74 Å². The van der Waals surface area contributed by atoms with Crippen LogP contribution in [0.5, 0.6) is 0 Å². The molecule has 0 unspecified atom stereocenters. The molecule has 13 heavy (non-hydrogen) atoms. The van der Waals surface area contributed by atoms with Crippen molar-refractivity contribution in [1.82, 2.24) is 0 Å². The molecular formula is C10H21NOS. The van der Waals surface area contributed by atoms with Gasteiger partial charge < -0.3 is 10.5 Å². The van der Waals surface area contributed by atoms with E-state index in [0.717, 1.165) is 19.1 Å². The lowest BCUT2D eigenvalue weighted by Gasteiger charge is -2.34. The van der Waals surface area contributed by atoms with Crippen LogP contribution in [-0.2, 0) is 4.74 Å². The van der Waals surface area contributed by atoms with Gasteiger partial charge >= 0.3 is 0 Å². The summed E-state index contributed by atoms with van der Waals surface area (Å²) in [5, 5.41) is 0. The standard InChI is InChI=1S/C10H21NOS/c1-2-13-5-3-4-12-10-6-9(7-10)8-11/h9-10H,2-8,11H2,1H3. The topological polar surface area (TPSA) is 35.2 Å². The number of hydrogen-bond donors (Lipinski definition) is 1. The lowest BCUT2D eigenvalue weighted by Crippen LogP contribution is -2.36. The number of rotatable bonds is 7. The molecule has 1 aliphatic carbocycles. The first kappa shape index (κ1) is 11.3. The van der Waals surface area contributed by atoms with Crippen molar-refractivity contribution in [3.8, 4) is 0 Å². The number of nitrogens with two attached hydrogens (primary N) is 1. The Labute approximate surface area is 85.6 Å². The summed E-state index contributed by atoms with van der Waals surface area (Å²) in [5.74, 6) is 3.21. The Kier molecular flexibility index (Phi) is 5.83. The quantitative estimate of drug-likeness (QED) is 0.642. The molecule has 0 aromatic carbocycles. The fourth-order valence-electron chi connectivity index (χ4n) is 1.56. The first-order valence-corrected chi connectivity index (χ1v) is 6.41. The van der Waals surface area contributed by atoms with Crippen LogP contribution < -0.4 is 5.73 Å². The Morgan fingerprint density at radius 2 is 2.23 bits per heavy atom. The van der Waals surface area contributed by atoms with E-state index in [1.807, 2.05) is 11.8 Å². The third-order valence-corrected chi connectivity index (χ3v) is 3.50. The minimum Gasteiger partial charge on any atom is -0.378 e. The maximum atomic E-state index is 5.69. The van der Waals surface area contributed by atoms with Crippen molar-refractivity contribution in [3.63, 3.8) is 0 Å². The van der Waals surface area contributed by atoms with Crippen LogP contribution in [0.2, 0.25) is 0 Å². The van der Waals surface area contributed by atoms with E-state index in [1.54, 1.807) is 0 Å². The van der Waals surface area contributed by atoms with Crippen molar-refractivity contribution in [1.29, 1.82) is 0 Å². The second-order valence-corrected chi connectivity index (χ2v) is 5.01. The second kappa shape index (κ2) is 6.68. The van der Waals surface area contributed by atoms with Crippen LogP contribution in [0.3, 0.4) is 0 Å². The minimum atomic E-state index is 0.528. The van der Waals surface area contributed by atoms with Crippen LogP contribution in [0.1, 0.15) is 26.2 Å². The molecule has 1 rings (SSSR count). The summed E-state index contributed by atoms with van der Waals surface area (Å²) in [6.45, 7) is 3.98. The molecule has 1 aliphatic rings. The molecule has 0 atom stereocenters. The molecule has 1 saturated carbocycles. The largest absolute Gasteiger partial charge is 0.378 e. The zero-order valence-electron chi connectivity index (χ0n) is 8.50. The van der Waals surface area contributed by atoms with Crippen molar-refractivity contribution in [2.24, 2.45) is 11.7 Å². The van der Waals surface area contributed by atoms with Crippen LogP contribution in [0.25, 0.3) is 0 Å². The smallest absolute Gasteiger partial charge is 0.0581 e. The third-order valence-electron chi connectivity index (χ3n) is 2.52. The zero-order valence-corrected chi connectivity index (χ0v) is 9.31. The van der Waals surface area contributed by atoms with Crippen LogP contribution in [-0.4, -0.2) is 30.8 Å². The number of ether oxygens (including phenoxy) is 1. The number of hydrogen-bond acceptors (Lipinski definition) is 3. The summed E-state index contributed by atoms with van der Waals surface area (Å²) in [7, 11) is 0. The number of thioether (sulfide) groups is 1. The van der Waals surface area contributed by atoms with Gasteiger partial charge in [0.1, 0.15) is 0 Å². The molecular weight excluding hydrogens is 182 g/mol.